The first-order valence-corrected chi connectivity index (χ1v) is 18.6. The molecule has 0 saturated heterocycles. The van der Waals surface area contributed by atoms with Crippen LogP contribution in [0.5, 0.6) is 0 Å². The molecule has 0 amide bonds. The van der Waals surface area contributed by atoms with Crippen LogP contribution in [0.25, 0.3) is 11.1 Å². The molecule has 4 aromatic carbocycles. The maximum absolute atomic E-state index is 2.63. The number of fused-ring (bicyclic) bond motifs is 5. The van der Waals surface area contributed by atoms with Crippen LogP contribution in [-0.4, -0.2) is 0 Å². The lowest BCUT2D eigenvalue weighted by Crippen LogP contribution is -2.26. The first kappa shape index (κ1) is 30.5. The zero-order chi connectivity index (χ0) is 30.6. The third kappa shape index (κ3) is 6.45. The number of hydrogen-bond acceptors (Lipinski definition) is 0. The van der Waals surface area contributed by atoms with Crippen LogP contribution in [0.2, 0.25) is 0 Å². The summed E-state index contributed by atoms with van der Waals surface area (Å²) in [6.07, 6.45) is 23.3. The minimum atomic E-state index is 0.171. The Morgan fingerprint density at radius 3 is 1.49 bits per heavy atom. The van der Waals surface area contributed by atoms with Crippen molar-refractivity contribution in [3.8, 4) is 11.1 Å². The molecule has 0 aliphatic heterocycles. The molecule has 3 aliphatic carbocycles. The van der Waals surface area contributed by atoms with Crippen LogP contribution in [-0.2, 0) is 50.4 Å². The smallest absolute Gasteiger partial charge is 0.0215 e. The Hall–Kier alpha value is -3.12. The van der Waals surface area contributed by atoms with Gasteiger partial charge in [-0.2, -0.15) is 0 Å². The van der Waals surface area contributed by atoms with Gasteiger partial charge in [-0.25, -0.2) is 0 Å². The molecule has 0 unspecified atom stereocenters. The zero-order valence-electron chi connectivity index (χ0n) is 28.2. The lowest BCUT2D eigenvalue weighted by atomic mass is 9.70. The summed E-state index contributed by atoms with van der Waals surface area (Å²) in [6, 6.07) is 29.4. The Kier molecular flexibility index (Phi) is 9.30. The van der Waals surface area contributed by atoms with E-state index >= 15 is 0 Å². The number of rotatable bonds is 16. The maximum Gasteiger partial charge on any atom is 0.0215 e. The fraction of sp³-hybridized carbons (Fsp3) is 0.467. The Morgan fingerprint density at radius 1 is 0.467 bits per heavy atom. The largest absolute Gasteiger partial charge is 0.0651 e. The van der Waals surface area contributed by atoms with Crippen molar-refractivity contribution < 1.29 is 0 Å². The van der Waals surface area contributed by atoms with Crippen molar-refractivity contribution in [2.75, 3.05) is 0 Å². The molecular formula is C45H54. The maximum atomic E-state index is 2.63. The molecule has 0 spiro atoms. The summed E-state index contributed by atoms with van der Waals surface area (Å²) in [6.45, 7) is 4.62. The average Bonchev–Trinajstić information content (AvgIpc) is 3.27. The Bertz CT molecular complexity index is 1570. The molecule has 7 rings (SSSR count). The lowest BCUT2D eigenvalue weighted by Gasteiger charge is -2.33. The highest BCUT2D eigenvalue weighted by Gasteiger charge is 2.42. The lowest BCUT2D eigenvalue weighted by molar-refractivity contribution is 0.399. The van der Waals surface area contributed by atoms with Crippen molar-refractivity contribution >= 4 is 0 Å². The van der Waals surface area contributed by atoms with E-state index in [0.29, 0.717) is 0 Å². The van der Waals surface area contributed by atoms with E-state index in [2.05, 4.69) is 86.6 Å². The standard InChI is InChI=1S/C45H54/c1-3-12-34-18-26-42-41-25-15-33(2)29-43(41)45(44(42)32-34,27-10-6-4-8-13-35-16-19-37-21-23-39(37)30-35)28-11-7-5-9-14-36-17-20-38-22-24-40(38)31-36/h15-20,25-26,29-32H,3-14,21-24,27-28H2,1-2H3. The summed E-state index contributed by atoms with van der Waals surface area (Å²) in [5, 5.41) is 0. The van der Waals surface area contributed by atoms with Gasteiger partial charge in [0.15, 0.2) is 0 Å². The fourth-order valence-corrected chi connectivity index (χ4v) is 8.79. The molecule has 0 fully saturated rings. The summed E-state index contributed by atoms with van der Waals surface area (Å²) >= 11 is 0. The van der Waals surface area contributed by atoms with Gasteiger partial charge in [0, 0.05) is 5.41 Å². The SMILES string of the molecule is CCCc1ccc2c(c1)C(CCCCCCc1ccc3c(c1)CC3)(CCCCCCc1ccc3c(c1)CC3)c1cc(C)ccc1-2. The van der Waals surface area contributed by atoms with E-state index in [1.807, 2.05) is 0 Å². The van der Waals surface area contributed by atoms with Crippen LogP contribution >= 0.6 is 0 Å². The predicted octanol–water partition coefficient (Wildman–Crippen LogP) is 11.8. The number of benzene rings is 4. The third-order valence-electron chi connectivity index (χ3n) is 11.6. The van der Waals surface area contributed by atoms with Crippen molar-refractivity contribution in [1.29, 1.82) is 0 Å². The minimum absolute atomic E-state index is 0.171. The molecule has 0 atom stereocenters. The molecule has 0 aromatic heterocycles. The summed E-state index contributed by atoms with van der Waals surface area (Å²) in [5.74, 6) is 0. The van der Waals surface area contributed by atoms with Gasteiger partial charge in [0.05, 0.1) is 0 Å². The van der Waals surface area contributed by atoms with E-state index < -0.39 is 0 Å². The summed E-state index contributed by atoms with van der Waals surface area (Å²) in [4.78, 5) is 0. The minimum Gasteiger partial charge on any atom is -0.0651 e. The van der Waals surface area contributed by atoms with E-state index in [9.17, 15) is 0 Å². The van der Waals surface area contributed by atoms with Crippen LogP contribution in [0.3, 0.4) is 0 Å². The van der Waals surface area contributed by atoms with Crippen molar-refractivity contribution in [2.24, 2.45) is 0 Å². The molecule has 0 radical (unpaired) electrons. The van der Waals surface area contributed by atoms with Gasteiger partial charge in [-0.3, -0.25) is 0 Å². The first-order valence-electron chi connectivity index (χ1n) is 18.6. The Labute approximate surface area is 273 Å². The second kappa shape index (κ2) is 13.7. The zero-order valence-corrected chi connectivity index (χ0v) is 28.2. The highest BCUT2D eigenvalue weighted by Crippen LogP contribution is 2.54. The number of aryl methyl sites for hydroxylation is 8. The molecule has 0 nitrogen and oxygen atoms in total. The molecule has 3 aliphatic rings. The Balaban J connectivity index is 1.02. The van der Waals surface area contributed by atoms with Crippen molar-refractivity contribution in [3.05, 3.63) is 128 Å². The van der Waals surface area contributed by atoms with E-state index in [-0.39, 0.29) is 5.41 Å². The Morgan fingerprint density at radius 2 is 0.956 bits per heavy atom. The van der Waals surface area contributed by atoms with Crippen LogP contribution in [0, 0.1) is 6.92 Å². The van der Waals surface area contributed by atoms with Gasteiger partial charge in [0.25, 0.3) is 0 Å². The summed E-state index contributed by atoms with van der Waals surface area (Å²) < 4.78 is 0. The predicted molar refractivity (Wildman–Crippen MR) is 193 cm³/mol. The van der Waals surface area contributed by atoms with Crippen molar-refractivity contribution in [2.45, 2.75) is 135 Å². The van der Waals surface area contributed by atoms with E-state index in [0.717, 1.165) is 0 Å². The number of hydrogen-bond donors (Lipinski definition) is 0. The third-order valence-corrected chi connectivity index (χ3v) is 11.6. The summed E-state index contributed by atoms with van der Waals surface area (Å²) in [7, 11) is 0. The van der Waals surface area contributed by atoms with Crippen LogP contribution in [0.15, 0.2) is 72.8 Å². The van der Waals surface area contributed by atoms with Crippen LogP contribution in [0.1, 0.15) is 133 Å². The number of unbranched alkanes of at least 4 members (excludes halogenated alkanes) is 6. The monoisotopic (exact) mass is 594 g/mol. The molecule has 0 saturated carbocycles. The quantitative estimate of drug-likeness (QED) is 0.113. The van der Waals surface area contributed by atoms with Crippen molar-refractivity contribution in [1.82, 2.24) is 0 Å². The first-order chi connectivity index (χ1) is 22.1. The van der Waals surface area contributed by atoms with E-state index in [1.54, 1.807) is 44.5 Å². The van der Waals surface area contributed by atoms with Gasteiger partial charge in [0.1, 0.15) is 0 Å². The van der Waals surface area contributed by atoms with Crippen LogP contribution in [0.4, 0.5) is 0 Å². The average molecular weight is 595 g/mol. The van der Waals surface area contributed by atoms with Gasteiger partial charge in [-0.05, 0) is 139 Å². The second-order valence-electron chi connectivity index (χ2n) is 14.8. The van der Waals surface area contributed by atoms with Gasteiger partial charge in [-0.15, -0.1) is 0 Å². The highest BCUT2D eigenvalue weighted by atomic mass is 14.4. The normalized spacial score (nSPS) is 15.1. The van der Waals surface area contributed by atoms with Crippen molar-refractivity contribution in [3.63, 3.8) is 0 Å². The molecule has 234 valence electrons. The summed E-state index contributed by atoms with van der Waals surface area (Å²) in [5.41, 5.74) is 18.9. The van der Waals surface area contributed by atoms with Gasteiger partial charge in [0.2, 0.25) is 0 Å². The van der Waals surface area contributed by atoms with E-state index in [4.69, 9.17) is 0 Å². The molecule has 0 N–H and O–H groups in total. The highest BCUT2D eigenvalue weighted by molar-refractivity contribution is 5.81. The molecular weight excluding hydrogens is 540 g/mol. The van der Waals surface area contributed by atoms with Gasteiger partial charge < -0.3 is 0 Å². The molecule has 0 heterocycles. The topological polar surface area (TPSA) is 0 Å². The van der Waals surface area contributed by atoms with E-state index in [1.165, 1.54) is 138 Å². The van der Waals surface area contributed by atoms with Gasteiger partial charge in [-0.1, -0.05) is 130 Å². The molecule has 4 aromatic rings. The fourth-order valence-electron chi connectivity index (χ4n) is 8.79. The second-order valence-corrected chi connectivity index (χ2v) is 14.8. The van der Waals surface area contributed by atoms with Gasteiger partial charge >= 0.3 is 0 Å². The molecule has 0 bridgehead atoms. The molecule has 0 heteroatoms. The van der Waals surface area contributed by atoms with Crippen LogP contribution < -0.4 is 0 Å². The molecule has 45 heavy (non-hydrogen) atoms.